The Kier molecular flexibility index (Phi) is 28.5. The lowest BCUT2D eigenvalue weighted by molar-refractivity contribution is -0.870. The van der Waals surface area contributed by atoms with Crippen LogP contribution in [0.2, 0.25) is 0 Å². The Morgan fingerprint density at radius 1 is 0.622 bits per heavy atom. The highest BCUT2D eigenvalue weighted by atomic mass is 31.2. The Labute approximate surface area is 276 Å². The van der Waals surface area contributed by atoms with Gasteiger partial charge >= 0.3 is 11.9 Å². The lowest BCUT2D eigenvalue weighted by Crippen LogP contribution is -2.37. The van der Waals surface area contributed by atoms with E-state index >= 15 is 0 Å². The first-order valence-electron chi connectivity index (χ1n) is 18.2. The van der Waals surface area contributed by atoms with Crippen LogP contribution in [0.15, 0.2) is 0 Å². The van der Waals surface area contributed by atoms with Crippen LogP contribution in [0.1, 0.15) is 162 Å². The monoisotopic (exact) mass is 663 g/mol. The van der Waals surface area contributed by atoms with Crippen molar-refractivity contribution in [2.75, 3.05) is 47.5 Å². The zero-order valence-electron chi connectivity index (χ0n) is 29.8. The molecule has 0 bridgehead atoms. The van der Waals surface area contributed by atoms with Crippen molar-refractivity contribution < 1.29 is 42.1 Å². The lowest BCUT2D eigenvalue weighted by Gasteiger charge is -2.28. The van der Waals surface area contributed by atoms with Crippen LogP contribution >= 0.6 is 7.82 Å². The number of nitrogens with zero attached hydrogens (tertiary/aromatic N) is 1. The van der Waals surface area contributed by atoms with Crippen LogP contribution in [0.5, 0.6) is 0 Å². The third-order valence-electron chi connectivity index (χ3n) is 7.93. The van der Waals surface area contributed by atoms with Crippen LogP contribution in [0.25, 0.3) is 0 Å². The lowest BCUT2D eigenvalue weighted by atomic mass is 10.0. The second-order valence-electron chi connectivity index (χ2n) is 13.6. The average Bonchev–Trinajstić information content (AvgIpc) is 2.98. The molecule has 2 atom stereocenters. The standard InChI is InChI=1S/C35H70NO8P/c1-6-8-9-10-11-12-13-14-15-16-17-18-19-20-21-22-23-24-25-26-27-28-35(38)44-33(31-41-34(37)7-2)32-43-45(39,40)42-30-29-36(3,4)5/h33H,6-32H2,1-5H3. The summed E-state index contributed by atoms with van der Waals surface area (Å²) >= 11 is 0. The largest absolute Gasteiger partial charge is 0.756 e. The van der Waals surface area contributed by atoms with E-state index in [0.29, 0.717) is 17.4 Å². The van der Waals surface area contributed by atoms with Gasteiger partial charge in [0, 0.05) is 12.8 Å². The van der Waals surface area contributed by atoms with E-state index in [1.807, 2.05) is 21.1 Å². The highest BCUT2D eigenvalue weighted by molar-refractivity contribution is 7.45. The third-order valence-corrected chi connectivity index (χ3v) is 8.90. The molecule has 0 N–H and O–H groups in total. The Bertz CT molecular complexity index is 758. The van der Waals surface area contributed by atoms with Crippen LogP contribution < -0.4 is 4.89 Å². The first-order valence-corrected chi connectivity index (χ1v) is 19.7. The number of hydrogen-bond donors (Lipinski definition) is 0. The van der Waals surface area contributed by atoms with Gasteiger partial charge in [-0.25, -0.2) is 0 Å². The molecule has 0 aromatic carbocycles. The molecular weight excluding hydrogens is 593 g/mol. The van der Waals surface area contributed by atoms with Crippen molar-refractivity contribution >= 4 is 19.8 Å². The molecule has 45 heavy (non-hydrogen) atoms. The minimum Gasteiger partial charge on any atom is -0.756 e. The molecule has 268 valence electrons. The number of quaternary nitrogens is 1. The fraction of sp³-hybridized carbons (Fsp3) is 0.943. The topological polar surface area (TPSA) is 111 Å². The van der Waals surface area contributed by atoms with Crippen molar-refractivity contribution in [2.45, 2.75) is 168 Å². The van der Waals surface area contributed by atoms with Gasteiger partial charge in [0.1, 0.15) is 19.8 Å². The zero-order valence-corrected chi connectivity index (χ0v) is 30.7. The SMILES string of the molecule is CCCCCCCCCCCCCCCCCCCCCCCC(=O)OC(COC(=O)CC)COP(=O)([O-])OCC[N+](C)(C)C. The molecule has 0 amide bonds. The van der Waals surface area contributed by atoms with Crippen LogP contribution in [0, 0.1) is 0 Å². The molecule has 10 heteroatoms. The van der Waals surface area contributed by atoms with Gasteiger partial charge in [-0.15, -0.1) is 0 Å². The van der Waals surface area contributed by atoms with Gasteiger partial charge in [-0.05, 0) is 6.42 Å². The summed E-state index contributed by atoms with van der Waals surface area (Å²) in [6, 6.07) is 0. The normalized spacial score (nSPS) is 13.8. The zero-order chi connectivity index (χ0) is 33.7. The summed E-state index contributed by atoms with van der Waals surface area (Å²) in [6.07, 6.45) is 26.6. The number of ether oxygens (including phenoxy) is 2. The molecule has 0 aliphatic carbocycles. The molecule has 2 unspecified atom stereocenters. The summed E-state index contributed by atoms with van der Waals surface area (Å²) in [6.45, 7) is 3.63. The number of rotatable bonds is 33. The number of phosphoric ester groups is 1. The maximum absolute atomic E-state index is 12.4. The minimum absolute atomic E-state index is 0.0287. The number of carbonyl (C=O) groups excluding carboxylic acids is 2. The van der Waals surface area contributed by atoms with E-state index in [9.17, 15) is 19.0 Å². The number of esters is 2. The van der Waals surface area contributed by atoms with Crippen molar-refractivity contribution in [1.82, 2.24) is 0 Å². The highest BCUT2D eigenvalue weighted by Crippen LogP contribution is 2.38. The molecule has 0 radical (unpaired) electrons. The predicted octanol–water partition coefficient (Wildman–Crippen LogP) is 8.66. The van der Waals surface area contributed by atoms with Crippen LogP contribution in [-0.2, 0) is 32.7 Å². The van der Waals surface area contributed by atoms with Crippen molar-refractivity contribution in [3.63, 3.8) is 0 Å². The fourth-order valence-corrected chi connectivity index (χ4v) is 5.72. The second kappa shape index (κ2) is 29.2. The van der Waals surface area contributed by atoms with E-state index in [2.05, 4.69) is 6.92 Å². The molecule has 0 heterocycles. The number of hydrogen-bond acceptors (Lipinski definition) is 8. The van der Waals surface area contributed by atoms with Gasteiger partial charge in [0.25, 0.3) is 7.82 Å². The summed E-state index contributed by atoms with van der Waals surface area (Å²) in [5.74, 6) is -0.925. The first kappa shape index (κ1) is 44.0. The molecule has 9 nitrogen and oxygen atoms in total. The van der Waals surface area contributed by atoms with Crippen molar-refractivity contribution in [1.29, 1.82) is 0 Å². The molecule has 0 spiro atoms. The van der Waals surface area contributed by atoms with Gasteiger partial charge < -0.3 is 27.9 Å². The fourth-order valence-electron chi connectivity index (χ4n) is 4.99. The summed E-state index contributed by atoms with van der Waals surface area (Å²) in [7, 11) is 1.17. The molecular formula is C35H70NO8P. The van der Waals surface area contributed by atoms with E-state index in [0.717, 1.165) is 12.8 Å². The maximum atomic E-state index is 12.4. The van der Waals surface area contributed by atoms with E-state index in [4.69, 9.17) is 18.5 Å². The van der Waals surface area contributed by atoms with E-state index in [1.165, 1.54) is 116 Å². The highest BCUT2D eigenvalue weighted by Gasteiger charge is 2.21. The van der Waals surface area contributed by atoms with E-state index in [-0.39, 0.29) is 26.1 Å². The Balaban J connectivity index is 3.85. The number of unbranched alkanes of at least 4 members (excludes halogenated alkanes) is 20. The Hall–Kier alpha value is -0.990. The molecule has 0 saturated carbocycles. The molecule has 0 aromatic rings. The molecule has 0 rings (SSSR count). The van der Waals surface area contributed by atoms with Crippen molar-refractivity contribution in [3.8, 4) is 0 Å². The number of phosphoric acid groups is 1. The van der Waals surface area contributed by atoms with Gasteiger partial charge in [-0.2, -0.15) is 0 Å². The minimum atomic E-state index is -4.58. The van der Waals surface area contributed by atoms with Crippen LogP contribution in [0.4, 0.5) is 0 Å². The van der Waals surface area contributed by atoms with Gasteiger partial charge in [0.15, 0.2) is 6.10 Å². The third kappa shape index (κ3) is 32.7. The van der Waals surface area contributed by atoms with Crippen LogP contribution in [0.3, 0.4) is 0 Å². The summed E-state index contributed by atoms with van der Waals surface area (Å²) in [5, 5.41) is 0. The average molecular weight is 664 g/mol. The smallest absolute Gasteiger partial charge is 0.306 e. The predicted molar refractivity (Wildman–Crippen MR) is 181 cm³/mol. The van der Waals surface area contributed by atoms with E-state index in [1.54, 1.807) is 6.92 Å². The molecule has 0 saturated heterocycles. The van der Waals surface area contributed by atoms with Gasteiger partial charge in [-0.1, -0.05) is 142 Å². The maximum Gasteiger partial charge on any atom is 0.306 e. The summed E-state index contributed by atoms with van der Waals surface area (Å²) in [4.78, 5) is 36.0. The van der Waals surface area contributed by atoms with E-state index < -0.39 is 32.5 Å². The summed E-state index contributed by atoms with van der Waals surface area (Å²) < 4.78 is 32.9. The van der Waals surface area contributed by atoms with Crippen molar-refractivity contribution in [2.24, 2.45) is 0 Å². The molecule has 0 aliphatic rings. The Morgan fingerprint density at radius 2 is 1.04 bits per heavy atom. The molecule has 0 aliphatic heterocycles. The second-order valence-corrected chi connectivity index (χ2v) is 15.0. The summed E-state index contributed by atoms with van der Waals surface area (Å²) in [5.41, 5.74) is 0. The van der Waals surface area contributed by atoms with Gasteiger partial charge in [-0.3, -0.25) is 14.2 Å². The Morgan fingerprint density at radius 3 is 1.44 bits per heavy atom. The quantitative estimate of drug-likeness (QED) is 0.0297. The number of likely N-dealkylation sites (N-methyl/N-ethyl adjacent to an activating group) is 1. The van der Waals surface area contributed by atoms with Crippen molar-refractivity contribution in [3.05, 3.63) is 0 Å². The molecule has 0 fully saturated rings. The van der Waals surface area contributed by atoms with Gasteiger partial charge in [0.2, 0.25) is 0 Å². The van der Waals surface area contributed by atoms with Gasteiger partial charge in [0.05, 0.1) is 27.7 Å². The molecule has 0 aromatic heterocycles. The number of carbonyl (C=O) groups is 2. The first-order chi connectivity index (χ1) is 21.5. The van der Waals surface area contributed by atoms with Crippen LogP contribution in [-0.4, -0.2) is 70.0 Å².